The van der Waals surface area contributed by atoms with Crippen LogP contribution in [0.15, 0.2) is 40.9 Å². The minimum Gasteiger partial charge on any atom is -0.497 e. The van der Waals surface area contributed by atoms with Crippen molar-refractivity contribution in [2.45, 2.75) is 19.3 Å². The number of aryl methyl sites for hydroxylation is 1. The van der Waals surface area contributed by atoms with Crippen LogP contribution in [0.2, 0.25) is 0 Å². The highest BCUT2D eigenvalue weighted by atomic mass is 79.9. The summed E-state index contributed by atoms with van der Waals surface area (Å²) < 4.78 is 6.13. The van der Waals surface area contributed by atoms with E-state index in [9.17, 15) is 9.90 Å². The van der Waals surface area contributed by atoms with Crippen molar-refractivity contribution < 1.29 is 14.6 Å². The van der Waals surface area contributed by atoms with Gasteiger partial charge in [-0.3, -0.25) is 9.78 Å². The quantitative estimate of drug-likeness (QED) is 0.896. The van der Waals surface area contributed by atoms with Gasteiger partial charge in [0.2, 0.25) is 0 Å². The van der Waals surface area contributed by atoms with Crippen molar-refractivity contribution in [3.05, 3.63) is 57.8 Å². The first kappa shape index (κ1) is 15.5. The minimum absolute atomic E-state index is 0.328. The van der Waals surface area contributed by atoms with Gasteiger partial charge in [-0.15, -0.1) is 0 Å². The number of hydrogen-bond acceptors (Lipinski definition) is 3. The maximum Gasteiger partial charge on any atom is 0.311 e. The van der Waals surface area contributed by atoms with Gasteiger partial charge in [0.1, 0.15) is 5.75 Å². The Morgan fingerprint density at radius 1 is 1.33 bits per heavy atom. The van der Waals surface area contributed by atoms with Crippen molar-refractivity contribution in [3.8, 4) is 5.75 Å². The molecule has 0 aliphatic rings. The Kier molecular flexibility index (Phi) is 4.96. The topological polar surface area (TPSA) is 59.4 Å². The van der Waals surface area contributed by atoms with Crippen molar-refractivity contribution in [2.24, 2.45) is 0 Å². The van der Waals surface area contributed by atoms with Crippen LogP contribution < -0.4 is 4.74 Å². The molecule has 4 nitrogen and oxygen atoms in total. The number of methoxy groups -OCH3 is 1. The smallest absolute Gasteiger partial charge is 0.311 e. The Balaban J connectivity index is 2.30. The van der Waals surface area contributed by atoms with E-state index in [4.69, 9.17) is 4.74 Å². The molecule has 1 unspecified atom stereocenters. The number of hydrogen-bond donors (Lipinski definition) is 1. The van der Waals surface area contributed by atoms with Gasteiger partial charge in [-0.05, 0) is 24.6 Å². The van der Waals surface area contributed by atoms with Gasteiger partial charge in [0.05, 0.1) is 13.0 Å². The molecule has 0 aliphatic heterocycles. The second kappa shape index (κ2) is 6.72. The van der Waals surface area contributed by atoms with Crippen molar-refractivity contribution >= 4 is 21.9 Å². The zero-order valence-corrected chi connectivity index (χ0v) is 13.4. The van der Waals surface area contributed by atoms with E-state index in [2.05, 4.69) is 20.9 Å². The van der Waals surface area contributed by atoms with E-state index in [0.717, 1.165) is 15.7 Å². The summed E-state index contributed by atoms with van der Waals surface area (Å²) in [4.78, 5) is 16.0. The van der Waals surface area contributed by atoms with Crippen LogP contribution in [0.25, 0.3) is 0 Å². The number of rotatable bonds is 5. The number of aliphatic carboxylic acids is 1. The molecule has 1 aromatic carbocycles. The van der Waals surface area contributed by atoms with Crippen LogP contribution in [0, 0.1) is 6.92 Å². The van der Waals surface area contributed by atoms with Crippen molar-refractivity contribution in [3.63, 3.8) is 0 Å². The summed E-state index contributed by atoms with van der Waals surface area (Å²) in [6, 6.07) is 10.9. The molecule has 1 aromatic heterocycles. The Bertz CT molecular complexity index is 640. The molecule has 0 amide bonds. The van der Waals surface area contributed by atoms with Crippen LogP contribution in [-0.4, -0.2) is 23.2 Å². The maximum absolute atomic E-state index is 11.6. The zero-order valence-electron chi connectivity index (χ0n) is 11.8. The number of carboxylic acid groups (broad SMARTS) is 1. The molecule has 2 aromatic rings. The highest BCUT2D eigenvalue weighted by Crippen LogP contribution is 2.24. The fourth-order valence-electron chi connectivity index (χ4n) is 2.18. The van der Waals surface area contributed by atoms with Crippen LogP contribution in [0.1, 0.15) is 22.9 Å². The van der Waals surface area contributed by atoms with Gasteiger partial charge in [0.25, 0.3) is 0 Å². The van der Waals surface area contributed by atoms with Gasteiger partial charge in [0.15, 0.2) is 0 Å². The average Bonchev–Trinajstić information content (AvgIpc) is 2.45. The molecular weight excluding hydrogens is 334 g/mol. The normalized spacial score (nSPS) is 12.0. The number of pyridine rings is 1. The summed E-state index contributed by atoms with van der Waals surface area (Å²) in [7, 11) is 1.59. The Morgan fingerprint density at radius 3 is 2.57 bits per heavy atom. The lowest BCUT2D eigenvalue weighted by Crippen LogP contribution is -2.15. The third kappa shape index (κ3) is 4.04. The van der Waals surface area contributed by atoms with Gasteiger partial charge in [0, 0.05) is 34.4 Å². The number of carbonyl (C=O) groups is 1. The predicted octanol–water partition coefficient (Wildman–Crippen LogP) is 3.57. The second-order valence-electron chi connectivity index (χ2n) is 4.79. The van der Waals surface area contributed by atoms with E-state index in [-0.39, 0.29) is 0 Å². The number of aromatic nitrogens is 1. The highest BCUT2D eigenvalue weighted by molar-refractivity contribution is 9.10. The summed E-state index contributed by atoms with van der Waals surface area (Å²) in [5, 5.41) is 9.48. The molecule has 5 heteroatoms. The third-order valence-corrected chi connectivity index (χ3v) is 3.73. The van der Waals surface area contributed by atoms with E-state index in [1.54, 1.807) is 13.2 Å². The van der Waals surface area contributed by atoms with Gasteiger partial charge >= 0.3 is 5.97 Å². The summed E-state index contributed by atoms with van der Waals surface area (Å²) in [5.41, 5.74) is 2.28. The minimum atomic E-state index is -0.861. The third-order valence-electron chi connectivity index (χ3n) is 3.20. The molecule has 0 aliphatic carbocycles. The Morgan fingerprint density at radius 2 is 2.00 bits per heavy atom. The lowest BCUT2D eigenvalue weighted by Gasteiger charge is -2.13. The summed E-state index contributed by atoms with van der Waals surface area (Å²) in [6.07, 6.45) is 0.328. The summed E-state index contributed by atoms with van der Waals surface area (Å²) in [6.45, 7) is 1.86. The number of carboxylic acids is 1. The van der Waals surface area contributed by atoms with Gasteiger partial charge in [-0.1, -0.05) is 28.1 Å². The second-order valence-corrected chi connectivity index (χ2v) is 5.70. The lowest BCUT2D eigenvalue weighted by molar-refractivity contribution is -0.138. The fourth-order valence-corrected chi connectivity index (χ4v) is 2.44. The van der Waals surface area contributed by atoms with E-state index in [0.29, 0.717) is 17.9 Å². The first-order valence-corrected chi connectivity index (χ1v) is 7.28. The molecule has 1 atom stereocenters. The van der Waals surface area contributed by atoms with E-state index in [1.807, 2.05) is 37.3 Å². The molecule has 0 spiro atoms. The number of benzene rings is 1. The van der Waals surface area contributed by atoms with Crippen LogP contribution in [0.4, 0.5) is 0 Å². The van der Waals surface area contributed by atoms with Crippen LogP contribution in [-0.2, 0) is 11.2 Å². The van der Waals surface area contributed by atoms with E-state index >= 15 is 0 Å². The molecule has 0 saturated carbocycles. The molecule has 1 N–H and O–H groups in total. The van der Waals surface area contributed by atoms with Crippen molar-refractivity contribution in [1.82, 2.24) is 4.98 Å². The van der Waals surface area contributed by atoms with Crippen LogP contribution in [0.5, 0.6) is 5.75 Å². The number of nitrogens with zero attached hydrogens (tertiary/aromatic N) is 1. The van der Waals surface area contributed by atoms with Crippen LogP contribution in [0.3, 0.4) is 0 Å². The lowest BCUT2D eigenvalue weighted by atomic mass is 9.94. The highest BCUT2D eigenvalue weighted by Gasteiger charge is 2.21. The average molecular weight is 350 g/mol. The first-order valence-electron chi connectivity index (χ1n) is 6.49. The first-order chi connectivity index (χ1) is 9.99. The summed E-state index contributed by atoms with van der Waals surface area (Å²) in [5.74, 6) is -0.797. The molecular formula is C16H16BrNO3. The van der Waals surface area contributed by atoms with Crippen LogP contribution >= 0.6 is 15.9 Å². The van der Waals surface area contributed by atoms with Gasteiger partial charge in [-0.2, -0.15) is 0 Å². The van der Waals surface area contributed by atoms with E-state index in [1.165, 1.54) is 0 Å². The predicted molar refractivity (Wildman–Crippen MR) is 83.7 cm³/mol. The molecule has 0 radical (unpaired) electrons. The SMILES string of the molecule is COc1cc(C)nc(CC(C(=O)O)c2ccc(Br)cc2)c1. The molecule has 21 heavy (non-hydrogen) atoms. The number of halogens is 1. The Hall–Kier alpha value is -1.88. The van der Waals surface area contributed by atoms with E-state index < -0.39 is 11.9 Å². The molecule has 0 bridgehead atoms. The monoisotopic (exact) mass is 349 g/mol. The summed E-state index contributed by atoms with van der Waals surface area (Å²) >= 11 is 3.35. The van der Waals surface area contributed by atoms with Crippen molar-refractivity contribution in [2.75, 3.05) is 7.11 Å². The van der Waals surface area contributed by atoms with Gasteiger partial charge in [-0.25, -0.2) is 0 Å². The molecule has 0 saturated heterocycles. The molecule has 2 rings (SSSR count). The largest absolute Gasteiger partial charge is 0.497 e. The number of ether oxygens (including phenoxy) is 1. The molecule has 0 fully saturated rings. The van der Waals surface area contributed by atoms with Crippen molar-refractivity contribution in [1.29, 1.82) is 0 Å². The Labute approximate surface area is 131 Å². The fraction of sp³-hybridized carbons (Fsp3) is 0.250. The van der Waals surface area contributed by atoms with Gasteiger partial charge < -0.3 is 9.84 Å². The molecule has 110 valence electrons. The maximum atomic E-state index is 11.6. The standard InChI is InChI=1S/C16H16BrNO3/c1-10-7-14(21-2)8-13(18-10)9-15(16(19)20)11-3-5-12(17)6-4-11/h3-8,15H,9H2,1-2H3,(H,19,20). The molecule has 1 heterocycles. The zero-order chi connectivity index (χ0) is 15.4.